The number of halogens is 2. The van der Waals surface area contributed by atoms with Gasteiger partial charge < -0.3 is 11.1 Å². The third kappa shape index (κ3) is 3.62. The van der Waals surface area contributed by atoms with E-state index in [4.69, 9.17) is 5.73 Å². The number of hydrogen-bond acceptors (Lipinski definition) is 6. The van der Waals surface area contributed by atoms with Crippen molar-refractivity contribution in [2.24, 2.45) is 19.8 Å². The number of carbonyl (C=O) groups excluding carboxylic acids is 2. The van der Waals surface area contributed by atoms with Crippen LogP contribution in [0.1, 0.15) is 43.5 Å². The van der Waals surface area contributed by atoms with Crippen molar-refractivity contribution in [3.63, 3.8) is 0 Å². The molecule has 0 radical (unpaired) electrons. The standard InChI is InChI=1S/C20H19F2N7O2S/c1-8-11(6-28(3)26-8)10-5-13(17(21)22)24-20-14(10)15(16(32-20)18(23)30)25-19(31)12-7-29(4)27-9(12)2/h5-7,17H,1-4H3,(H2,23,30)(H,25,31). The molecule has 0 atom stereocenters. The molecule has 0 aliphatic heterocycles. The molecule has 4 aromatic heterocycles. The summed E-state index contributed by atoms with van der Waals surface area (Å²) in [4.78, 5) is 29.4. The molecule has 0 aliphatic rings. The number of nitrogens with zero attached hydrogens (tertiary/aromatic N) is 5. The summed E-state index contributed by atoms with van der Waals surface area (Å²) in [7, 11) is 3.39. The van der Waals surface area contributed by atoms with E-state index in [9.17, 15) is 18.4 Å². The Morgan fingerprint density at radius 2 is 1.75 bits per heavy atom. The molecule has 0 aromatic carbocycles. The molecule has 4 heterocycles. The van der Waals surface area contributed by atoms with Crippen LogP contribution in [0.25, 0.3) is 21.3 Å². The zero-order valence-electron chi connectivity index (χ0n) is 17.6. The molecular formula is C20H19F2N7O2S. The fourth-order valence-electron chi connectivity index (χ4n) is 3.60. The number of anilines is 1. The summed E-state index contributed by atoms with van der Waals surface area (Å²) in [5.74, 6) is -1.32. The molecule has 166 valence electrons. The summed E-state index contributed by atoms with van der Waals surface area (Å²) in [6.45, 7) is 3.42. The van der Waals surface area contributed by atoms with Crippen molar-refractivity contribution in [1.29, 1.82) is 0 Å². The van der Waals surface area contributed by atoms with Crippen molar-refractivity contribution in [2.45, 2.75) is 20.3 Å². The lowest BCUT2D eigenvalue weighted by Gasteiger charge is -2.10. The quantitative estimate of drug-likeness (QED) is 0.474. The van der Waals surface area contributed by atoms with Gasteiger partial charge in [-0.25, -0.2) is 13.8 Å². The van der Waals surface area contributed by atoms with Crippen LogP contribution in [0, 0.1) is 13.8 Å². The summed E-state index contributed by atoms with van der Waals surface area (Å²) >= 11 is 0.850. The van der Waals surface area contributed by atoms with Crippen LogP contribution >= 0.6 is 11.3 Å². The maximum absolute atomic E-state index is 13.6. The van der Waals surface area contributed by atoms with E-state index in [-0.39, 0.29) is 15.4 Å². The Balaban J connectivity index is 1.99. The number of nitrogens with two attached hydrogens (primary N) is 1. The monoisotopic (exact) mass is 459 g/mol. The van der Waals surface area contributed by atoms with Gasteiger partial charge in [0.2, 0.25) is 0 Å². The predicted molar refractivity (Wildman–Crippen MR) is 116 cm³/mol. The third-order valence-corrected chi connectivity index (χ3v) is 6.03. The number of amides is 2. The SMILES string of the molecule is Cc1nn(C)cc1C(=O)Nc1c(C(N)=O)sc2nc(C(F)F)cc(-c3cn(C)nc3C)c12. The number of hydrogen-bond donors (Lipinski definition) is 2. The van der Waals surface area contributed by atoms with E-state index < -0.39 is 23.9 Å². The number of primary amides is 1. The number of thiophene rings is 1. The average molecular weight is 459 g/mol. The zero-order valence-corrected chi connectivity index (χ0v) is 18.4. The number of fused-ring (bicyclic) bond motifs is 1. The Labute approximate surface area is 184 Å². The van der Waals surface area contributed by atoms with Crippen LogP contribution in [0.5, 0.6) is 0 Å². The maximum Gasteiger partial charge on any atom is 0.280 e. The minimum atomic E-state index is -2.83. The van der Waals surface area contributed by atoms with Gasteiger partial charge in [-0.05, 0) is 25.5 Å². The highest BCUT2D eigenvalue weighted by Gasteiger charge is 2.27. The number of aromatic nitrogens is 5. The number of carbonyl (C=O) groups is 2. The van der Waals surface area contributed by atoms with E-state index in [0.717, 1.165) is 11.3 Å². The summed E-state index contributed by atoms with van der Waals surface area (Å²) in [5, 5.41) is 11.5. The molecule has 12 heteroatoms. The minimum absolute atomic E-state index is 0.0107. The minimum Gasteiger partial charge on any atom is -0.365 e. The lowest BCUT2D eigenvalue weighted by Crippen LogP contribution is -2.17. The second-order valence-electron chi connectivity index (χ2n) is 7.30. The van der Waals surface area contributed by atoms with E-state index in [1.54, 1.807) is 45.0 Å². The van der Waals surface area contributed by atoms with E-state index in [1.807, 2.05) is 0 Å². The molecule has 0 spiro atoms. The van der Waals surface area contributed by atoms with Gasteiger partial charge in [-0.15, -0.1) is 11.3 Å². The molecule has 0 bridgehead atoms. The van der Waals surface area contributed by atoms with Crippen LogP contribution in [-0.4, -0.2) is 36.4 Å². The normalized spacial score (nSPS) is 11.5. The number of aryl methyl sites for hydroxylation is 4. The van der Waals surface area contributed by atoms with Gasteiger partial charge in [-0.2, -0.15) is 10.2 Å². The Kier molecular flexibility index (Phi) is 5.25. The Hall–Kier alpha value is -3.67. The van der Waals surface area contributed by atoms with Gasteiger partial charge in [0.25, 0.3) is 18.2 Å². The lowest BCUT2D eigenvalue weighted by atomic mass is 10.0. The molecule has 4 aromatic rings. The molecule has 0 unspecified atom stereocenters. The first kappa shape index (κ1) is 21.6. The van der Waals surface area contributed by atoms with Crippen molar-refractivity contribution in [3.05, 3.63) is 46.0 Å². The maximum atomic E-state index is 13.6. The van der Waals surface area contributed by atoms with Crippen LogP contribution in [0.4, 0.5) is 14.5 Å². The van der Waals surface area contributed by atoms with Crippen LogP contribution in [-0.2, 0) is 14.1 Å². The molecule has 3 N–H and O–H groups in total. The molecule has 0 saturated heterocycles. The van der Waals surface area contributed by atoms with E-state index >= 15 is 0 Å². The van der Waals surface area contributed by atoms with Gasteiger partial charge in [0.1, 0.15) is 15.4 Å². The lowest BCUT2D eigenvalue weighted by molar-refractivity contribution is 0.100. The molecule has 0 saturated carbocycles. The molecule has 32 heavy (non-hydrogen) atoms. The summed E-state index contributed by atoms with van der Waals surface area (Å²) < 4.78 is 30.2. The second-order valence-corrected chi connectivity index (χ2v) is 8.30. The Bertz CT molecular complexity index is 1390. The van der Waals surface area contributed by atoms with Crippen molar-refractivity contribution in [2.75, 3.05) is 5.32 Å². The van der Waals surface area contributed by atoms with Crippen LogP contribution in [0.15, 0.2) is 18.5 Å². The average Bonchev–Trinajstić information content (AvgIpc) is 3.35. The first-order chi connectivity index (χ1) is 15.1. The van der Waals surface area contributed by atoms with Crippen LogP contribution < -0.4 is 11.1 Å². The molecule has 2 amide bonds. The van der Waals surface area contributed by atoms with Crippen molar-refractivity contribution in [1.82, 2.24) is 24.5 Å². The molecule has 0 fully saturated rings. The highest BCUT2D eigenvalue weighted by Crippen LogP contribution is 2.43. The van der Waals surface area contributed by atoms with Gasteiger partial charge >= 0.3 is 0 Å². The van der Waals surface area contributed by atoms with E-state index in [2.05, 4.69) is 20.5 Å². The predicted octanol–water partition coefficient (Wildman–Crippen LogP) is 3.34. The highest BCUT2D eigenvalue weighted by atomic mass is 32.1. The topological polar surface area (TPSA) is 121 Å². The second kappa shape index (κ2) is 7.79. The number of alkyl halides is 2. The summed E-state index contributed by atoms with van der Waals surface area (Å²) in [6, 6.07) is 1.25. The molecular weight excluding hydrogens is 440 g/mol. The van der Waals surface area contributed by atoms with Crippen molar-refractivity contribution >= 4 is 39.1 Å². The summed E-state index contributed by atoms with van der Waals surface area (Å²) in [6.07, 6.45) is 0.394. The van der Waals surface area contributed by atoms with Gasteiger partial charge in [0, 0.05) is 37.4 Å². The third-order valence-electron chi connectivity index (χ3n) is 4.93. The van der Waals surface area contributed by atoms with Crippen molar-refractivity contribution in [3.8, 4) is 11.1 Å². The van der Waals surface area contributed by atoms with Gasteiger partial charge in [0.05, 0.1) is 22.6 Å². The molecule has 4 rings (SSSR count). The smallest absolute Gasteiger partial charge is 0.280 e. The first-order valence-electron chi connectivity index (χ1n) is 9.44. The fraction of sp³-hybridized carbons (Fsp3) is 0.250. The van der Waals surface area contributed by atoms with Crippen molar-refractivity contribution < 1.29 is 18.4 Å². The van der Waals surface area contributed by atoms with E-state index in [1.165, 1.54) is 10.7 Å². The van der Waals surface area contributed by atoms with Crippen LogP contribution in [0.3, 0.4) is 0 Å². The molecule has 9 nitrogen and oxygen atoms in total. The zero-order chi connectivity index (χ0) is 23.3. The molecule has 0 aliphatic carbocycles. The number of nitrogens with one attached hydrogen (secondary N) is 1. The van der Waals surface area contributed by atoms with E-state index in [0.29, 0.717) is 33.5 Å². The fourth-order valence-corrected chi connectivity index (χ4v) is 4.62. The largest absolute Gasteiger partial charge is 0.365 e. The highest BCUT2D eigenvalue weighted by molar-refractivity contribution is 7.21. The Morgan fingerprint density at radius 3 is 2.28 bits per heavy atom. The first-order valence-corrected chi connectivity index (χ1v) is 10.3. The number of pyridine rings is 1. The van der Waals surface area contributed by atoms with Gasteiger partial charge in [0.15, 0.2) is 0 Å². The van der Waals surface area contributed by atoms with Gasteiger partial charge in [-0.1, -0.05) is 0 Å². The van der Waals surface area contributed by atoms with Crippen LogP contribution in [0.2, 0.25) is 0 Å². The summed E-state index contributed by atoms with van der Waals surface area (Å²) in [5.41, 5.74) is 7.56. The van der Waals surface area contributed by atoms with Gasteiger partial charge in [-0.3, -0.25) is 19.0 Å². The number of rotatable bonds is 5. The Morgan fingerprint density at radius 1 is 1.09 bits per heavy atom.